The number of aliphatic hydroxyl groups excluding tert-OH is 1. The average molecular weight is 1020 g/mol. The lowest BCUT2D eigenvalue weighted by Gasteiger charge is -2.19. The summed E-state index contributed by atoms with van der Waals surface area (Å²) in [6.45, 7) is 4.48. The van der Waals surface area contributed by atoms with E-state index in [1.165, 1.54) is 353 Å². The van der Waals surface area contributed by atoms with Crippen molar-refractivity contribution in [2.75, 3.05) is 7.11 Å². The second-order valence-electron chi connectivity index (χ2n) is 24.1. The van der Waals surface area contributed by atoms with Crippen LogP contribution in [0.1, 0.15) is 406 Å². The number of ether oxygens (including phenoxy) is 1. The summed E-state index contributed by atoms with van der Waals surface area (Å²) in [7, 11) is 1.83. The van der Waals surface area contributed by atoms with Crippen LogP contribution in [0.25, 0.3) is 0 Å². The highest BCUT2D eigenvalue weighted by Gasteiger charge is 2.25. The molecule has 4 nitrogen and oxygen atoms in total. The Morgan fingerprint density at radius 2 is 0.458 bits per heavy atom. The molecule has 4 heteroatoms. The summed E-state index contributed by atoms with van der Waals surface area (Å²) in [4.78, 5) is 11.9. The fourth-order valence-corrected chi connectivity index (χ4v) is 11.6. The molecular weight excluding hydrogens is 881 g/mol. The molecule has 0 radical (unpaired) electrons. The van der Waals surface area contributed by atoms with Gasteiger partial charge in [0.1, 0.15) is 0 Å². The number of aliphatic hydroxyl groups is 1. The van der Waals surface area contributed by atoms with Gasteiger partial charge in [-0.1, -0.05) is 379 Å². The first-order valence-corrected chi connectivity index (χ1v) is 34.0. The van der Waals surface area contributed by atoms with Crippen molar-refractivity contribution < 1.29 is 19.7 Å². The molecule has 0 spiro atoms. The smallest absolute Gasteiger partial charge is 0.309 e. The molecule has 3 unspecified atom stereocenters. The van der Waals surface area contributed by atoms with Gasteiger partial charge in [-0.15, -0.1) is 0 Å². The average Bonchev–Trinajstić information content (AvgIpc) is 3.38. The lowest BCUT2D eigenvalue weighted by Crippen LogP contribution is -2.28. The number of carbonyl (C=O) groups is 1. The minimum atomic E-state index is -0.800. The largest absolute Gasteiger partial charge is 0.481 e. The molecular formula is C68H136O4. The monoisotopic (exact) mass is 1020 g/mol. The Balaban J connectivity index is 3.30. The van der Waals surface area contributed by atoms with Gasteiger partial charge in [0.2, 0.25) is 0 Å². The van der Waals surface area contributed by atoms with Gasteiger partial charge in [-0.25, -0.2) is 0 Å². The molecule has 0 heterocycles. The minimum absolute atomic E-state index is 0.439. The van der Waals surface area contributed by atoms with Crippen LogP contribution in [0.3, 0.4) is 0 Å². The molecule has 432 valence electrons. The SMILES string of the molecule is CCCCCCCCCCCCCCCCCCCCC(C(=O)O)C(O)CCCCCCCCCCCCCCCCCCCCCCCCCCCCCCCCCCCCCCCCCCC(C)OC. The molecule has 0 amide bonds. The van der Waals surface area contributed by atoms with Crippen LogP contribution in [0, 0.1) is 5.92 Å². The van der Waals surface area contributed by atoms with Crippen LogP contribution in [-0.4, -0.2) is 35.5 Å². The quantitative estimate of drug-likeness (QED) is 0.0596. The van der Waals surface area contributed by atoms with Crippen LogP contribution in [-0.2, 0) is 9.53 Å². The molecule has 0 saturated heterocycles. The van der Waals surface area contributed by atoms with Gasteiger partial charge in [0.05, 0.1) is 18.1 Å². The number of unbranched alkanes of at least 4 members (excludes halogenated alkanes) is 56. The van der Waals surface area contributed by atoms with Gasteiger partial charge in [-0.05, 0) is 26.2 Å². The summed E-state index contributed by atoms with van der Waals surface area (Å²) < 4.78 is 5.34. The normalized spacial score (nSPS) is 13.1. The highest BCUT2D eigenvalue weighted by molar-refractivity contribution is 5.70. The molecule has 72 heavy (non-hydrogen) atoms. The summed E-state index contributed by atoms with van der Waals surface area (Å²) in [6.07, 6.45) is 83.0. The van der Waals surface area contributed by atoms with Crippen molar-refractivity contribution in [1.29, 1.82) is 0 Å². The molecule has 0 aliphatic rings. The number of methoxy groups -OCH3 is 1. The standard InChI is InChI=1S/C68H136O4/c1-4-5-6-7-8-9-10-11-12-13-39-42-45-48-51-54-57-60-63-66(68(70)71)67(69)64-61-58-55-52-49-46-43-40-37-35-33-31-29-27-25-23-21-19-17-15-14-16-18-20-22-24-26-28-30-32-34-36-38-41-44-47-50-53-56-59-62-65(2)72-3/h65-67,69H,4-64H2,1-3H3,(H,70,71). The van der Waals surface area contributed by atoms with E-state index in [9.17, 15) is 15.0 Å². The number of hydrogen-bond acceptors (Lipinski definition) is 3. The molecule has 2 N–H and O–H groups in total. The van der Waals surface area contributed by atoms with E-state index in [0.29, 0.717) is 18.9 Å². The maximum Gasteiger partial charge on any atom is 0.309 e. The van der Waals surface area contributed by atoms with Crippen molar-refractivity contribution in [2.24, 2.45) is 5.92 Å². The summed E-state index contributed by atoms with van der Waals surface area (Å²) in [5.74, 6) is -1.38. The Hall–Kier alpha value is -0.610. The zero-order valence-corrected chi connectivity index (χ0v) is 50.1. The summed E-state index contributed by atoms with van der Waals surface area (Å²) >= 11 is 0. The molecule has 0 aliphatic heterocycles. The zero-order chi connectivity index (χ0) is 52.2. The number of carboxylic acids is 1. The molecule has 0 aromatic rings. The molecule has 0 bridgehead atoms. The molecule has 0 fully saturated rings. The molecule has 0 aromatic carbocycles. The van der Waals surface area contributed by atoms with Crippen molar-refractivity contribution in [3.8, 4) is 0 Å². The van der Waals surface area contributed by atoms with Gasteiger partial charge in [0.25, 0.3) is 0 Å². The van der Waals surface area contributed by atoms with E-state index in [-0.39, 0.29) is 0 Å². The van der Waals surface area contributed by atoms with Crippen LogP contribution in [0.5, 0.6) is 0 Å². The lowest BCUT2D eigenvalue weighted by atomic mass is 9.91. The Morgan fingerprint density at radius 1 is 0.292 bits per heavy atom. The first kappa shape index (κ1) is 71.4. The molecule has 3 atom stereocenters. The van der Waals surface area contributed by atoms with E-state index < -0.39 is 18.0 Å². The van der Waals surface area contributed by atoms with Crippen LogP contribution in [0.15, 0.2) is 0 Å². The van der Waals surface area contributed by atoms with Crippen LogP contribution < -0.4 is 0 Å². The predicted octanol–water partition coefficient (Wildman–Crippen LogP) is 23.9. The van der Waals surface area contributed by atoms with E-state index in [1.807, 2.05) is 7.11 Å². The third-order valence-corrected chi connectivity index (χ3v) is 16.9. The number of aliphatic carboxylic acids is 1. The lowest BCUT2D eigenvalue weighted by molar-refractivity contribution is -0.146. The van der Waals surface area contributed by atoms with Crippen molar-refractivity contribution in [1.82, 2.24) is 0 Å². The van der Waals surface area contributed by atoms with Gasteiger partial charge in [-0.3, -0.25) is 4.79 Å². The fourth-order valence-electron chi connectivity index (χ4n) is 11.6. The van der Waals surface area contributed by atoms with E-state index in [0.717, 1.165) is 25.7 Å². The Morgan fingerprint density at radius 3 is 0.639 bits per heavy atom. The Labute approximate surface area is 454 Å². The first-order chi connectivity index (χ1) is 35.5. The topological polar surface area (TPSA) is 66.8 Å². The maximum atomic E-state index is 11.9. The Kier molecular flexibility index (Phi) is 62.4. The summed E-state index contributed by atoms with van der Waals surface area (Å²) in [5.41, 5.74) is 0. The molecule has 0 aliphatic carbocycles. The van der Waals surface area contributed by atoms with Gasteiger partial charge in [-0.2, -0.15) is 0 Å². The second-order valence-corrected chi connectivity index (χ2v) is 24.1. The van der Waals surface area contributed by atoms with Gasteiger partial charge >= 0.3 is 5.97 Å². The Bertz CT molecular complexity index is 983. The van der Waals surface area contributed by atoms with Crippen molar-refractivity contribution >= 4 is 5.97 Å². The van der Waals surface area contributed by atoms with Crippen molar-refractivity contribution in [3.05, 3.63) is 0 Å². The van der Waals surface area contributed by atoms with Gasteiger partial charge < -0.3 is 14.9 Å². The maximum absolute atomic E-state index is 11.9. The van der Waals surface area contributed by atoms with Crippen LogP contribution in [0.2, 0.25) is 0 Å². The van der Waals surface area contributed by atoms with E-state index in [4.69, 9.17) is 4.74 Å². The minimum Gasteiger partial charge on any atom is -0.481 e. The van der Waals surface area contributed by atoms with E-state index in [2.05, 4.69) is 13.8 Å². The zero-order valence-electron chi connectivity index (χ0n) is 50.1. The highest BCUT2D eigenvalue weighted by atomic mass is 16.5. The molecule has 0 aromatic heterocycles. The number of rotatable bonds is 65. The third-order valence-electron chi connectivity index (χ3n) is 16.9. The van der Waals surface area contributed by atoms with E-state index in [1.54, 1.807) is 0 Å². The fraction of sp³-hybridized carbons (Fsp3) is 0.985. The highest BCUT2D eigenvalue weighted by Crippen LogP contribution is 2.23. The first-order valence-electron chi connectivity index (χ1n) is 34.0. The van der Waals surface area contributed by atoms with Crippen LogP contribution >= 0.6 is 0 Å². The molecule has 0 rings (SSSR count). The molecule has 0 saturated carbocycles. The van der Waals surface area contributed by atoms with Crippen molar-refractivity contribution in [3.63, 3.8) is 0 Å². The second kappa shape index (κ2) is 62.9. The van der Waals surface area contributed by atoms with Gasteiger partial charge in [0.15, 0.2) is 0 Å². The summed E-state index contributed by atoms with van der Waals surface area (Å²) in [5, 5.41) is 20.5. The predicted molar refractivity (Wildman–Crippen MR) is 321 cm³/mol. The van der Waals surface area contributed by atoms with Gasteiger partial charge in [0, 0.05) is 7.11 Å². The third kappa shape index (κ3) is 58.6. The number of hydrogen-bond donors (Lipinski definition) is 2. The number of carboxylic acid groups (broad SMARTS) is 1. The van der Waals surface area contributed by atoms with Crippen molar-refractivity contribution in [2.45, 2.75) is 418 Å². The summed E-state index contributed by atoms with van der Waals surface area (Å²) in [6, 6.07) is 0. The van der Waals surface area contributed by atoms with Crippen LogP contribution in [0.4, 0.5) is 0 Å². The van der Waals surface area contributed by atoms with E-state index >= 15 is 0 Å².